The highest BCUT2D eigenvalue weighted by Gasteiger charge is 2.15. The van der Waals surface area contributed by atoms with Crippen molar-refractivity contribution < 1.29 is 4.79 Å². The second-order valence-electron chi connectivity index (χ2n) is 6.28. The Kier molecular flexibility index (Phi) is 7.50. The lowest BCUT2D eigenvalue weighted by atomic mass is 10.2. The molecular weight excluding hydrogens is 346 g/mol. The quantitative estimate of drug-likeness (QED) is 0.680. The van der Waals surface area contributed by atoms with Crippen molar-refractivity contribution in [3.8, 4) is 11.4 Å². The monoisotopic (exact) mass is 375 g/mol. The van der Waals surface area contributed by atoms with E-state index in [0.717, 1.165) is 36.2 Å². The number of hydrogen-bond donors (Lipinski definition) is 1. The molecule has 0 aliphatic rings. The highest BCUT2D eigenvalue weighted by Crippen LogP contribution is 2.26. The molecule has 0 fully saturated rings. The first kappa shape index (κ1) is 20.3. The fourth-order valence-corrected chi connectivity index (χ4v) is 3.61. The van der Waals surface area contributed by atoms with E-state index in [2.05, 4.69) is 70.0 Å². The summed E-state index contributed by atoms with van der Waals surface area (Å²) < 4.78 is 2.06. The van der Waals surface area contributed by atoms with Gasteiger partial charge in [-0.15, -0.1) is 10.2 Å². The zero-order chi connectivity index (χ0) is 19.1. The Labute approximate surface area is 160 Å². The molecule has 0 spiro atoms. The van der Waals surface area contributed by atoms with Crippen molar-refractivity contribution >= 4 is 23.4 Å². The number of amides is 1. The topological polar surface area (TPSA) is 63.1 Å². The van der Waals surface area contributed by atoms with Crippen LogP contribution in [0.15, 0.2) is 29.4 Å². The van der Waals surface area contributed by atoms with E-state index in [-0.39, 0.29) is 11.9 Å². The molecule has 1 amide bonds. The van der Waals surface area contributed by atoms with Gasteiger partial charge in [0.15, 0.2) is 11.0 Å². The van der Waals surface area contributed by atoms with E-state index < -0.39 is 0 Å². The van der Waals surface area contributed by atoms with Gasteiger partial charge in [0.25, 0.3) is 0 Å². The lowest BCUT2D eigenvalue weighted by Gasteiger charge is -2.21. The number of nitrogens with one attached hydrogen (secondary N) is 1. The number of benzene rings is 1. The second-order valence-corrected chi connectivity index (χ2v) is 7.22. The van der Waals surface area contributed by atoms with E-state index in [1.54, 1.807) is 0 Å². The number of rotatable bonds is 9. The molecule has 1 N–H and O–H groups in total. The van der Waals surface area contributed by atoms with Crippen molar-refractivity contribution in [1.82, 2.24) is 20.1 Å². The number of carbonyl (C=O) groups excluding carboxylic acids is 1. The van der Waals surface area contributed by atoms with Crippen LogP contribution in [-0.2, 0) is 11.3 Å². The van der Waals surface area contributed by atoms with Crippen LogP contribution >= 0.6 is 11.8 Å². The SMILES string of the molecule is CCN(CC)c1ccc(-c2nnc(SCC(=O)NC(C)C)n2CC)cc1. The molecule has 0 aliphatic heterocycles. The summed E-state index contributed by atoms with van der Waals surface area (Å²) in [5.41, 5.74) is 2.25. The fourth-order valence-electron chi connectivity index (χ4n) is 2.80. The van der Waals surface area contributed by atoms with Gasteiger partial charge in [0, 0.05) is 36.9 Å². The van der Waals surface area contributed by atoms with Gasteiger partial charge in [0.1, 0.15) is 0 Å². The lowest BCUT2D eigenvalue weighted by Crippen LogP contribution is -2.31. The molecule has 0 radical (unpaired) electrons. The van der Waals surface area contributed by atoms with Crippen molar-refractivity contribution in [3.63, 3.8) is 0 Å². The number of carbonyl (C=O) groups is 1. The Morgan fingerprint density at radius 2 is 1.81 bits per heavy atom. The number of anilines is 1. The van der Waals surface area contributed by atoms with Crippen molar-refractivity contribution in [1.29, 1.82) is 0 Å². The van der Waals surface area contributed by atoms with Gasteiger partial charge in [0.2, 0.25) is 5.91 Å². The van der Waals surface area contributed by atoms with Gasteiger partial charge in [-0.3, -0.25) is 4.79 Å². The fraction of sp³-hybridized carbons (Fsp3) is 0.526. The molecule has 2 aromatic rings. The van der Waals surface area contributed by atoms with Crippen molar-refractivity contribution in [2.24, 2.45) is 0 Å². The van der Waals surface area contributed by atoms with Gasteiger partial charge in [-0.25, -0.2) is 0 Å². The third-order valence-electron chi connectivity index (χ3n) is 4.07. The van der Waals surface area contributed by atoms with E-state index in [1.165, 1.54) is 17.4 Å². The predicted molar refractivity (Wildman–Crippen MR) is 109 cm³/mol. The lowest BCUT2D eigenvalue weighted by molar-refractivity contribution is -0.119. The van der Waals surface area contributed by atoms with Crippen LogP contribution in [0.2, 0.25) is 0 Å². The van der Waals surface area contributed by atoms with Crippen LogP contribution in [0.5, 0.6) is 0 Å². The summed E-state index contributed by atoms with van der Waals surface area (Å²) in [5.74, 6) is 1.20. The highest BCUT2D eigenvalue weighted by molar-refractivity contribution is 7.99. The average Bonchev–Trinajstić information content (AvgIpc) is 3.04. The Morgan fingerprint density at radius 1 is 1.15 bits per heavy atom. The van der Waals surface area contributed by atoms with Crippen LogP contribution in [0.4, 0.5) is 5.69 Å². The number of hydrogen-bond acceptors (Lipinski definition) is 5. The third-order valence-corrected chi connectivity index (χ3v) is 5.04. The Balaban J connectivity index is 2.15. The third kappa shape index (κ3) is 5.00. The molecule has 1 heterocycles. The predicted octanol–water partition coefficient (Wildman–Crippen LogP) is 3.43. The first-order chi connectivity index (χ1) is 12.5. The average molecular weight is 376 g/mol. The molecule has 7 heteroatoms. The minimum absolute atomic E-state index is 0.0146. The summed E-state index contributed by atoms with van der Waals surface area (Å²) >= 11 is 1.42. The van der Waals surface area contributed by atoms with Gasteiger partial charge < -0.3 is 14.8 Å². The van der Waals surface area contributed by atoms with Crippen LogP contribution in [0.3, 0.4) is 0 Å². The molecule has 2 rings (SSSR count). The second kappa shape index (κ2) is 9.62. The summed E-state index contributed by atoms with van der Waals surface area (Å²) in [7, 11) is 0. The number of aromatic nitrogens is 3. The molecule has 0 atom stereocenters. The summed E-state index contributed by atoms with van der Waals surface area (Å²) in [4.78, 5) is 14.2. The largest absolute Gasteiger partial charge is 0.372 e. The molecule has 26 heavy (non-hydrogen) atoms. The molecule has 0 bridgehead atoms. The molecule has 1 aromatic carbocycles. The van der Waals surface area contributed by atoms with E-state index >= 15 is 0 Å². The minimum Gasteiger partial charge on any atom is -0.372 e. The van der Waals surface area contributed by atoms with Crippen LogP contribution in [-0.4, -0.2) is 45.6 Å². The molecule has 0 saturated carbocycles. The summed E-state index contributed by atoms with van der Waals surface area (Å²) in [6.07, 6.45) is 0. The molecular formula is C19H29N5OS. The molecule has 142 valence electrons. The number of nitrogens with zero attached hydrogens (tertiary/aromatic N) is 4. The van der Waals surface area contributed by atoms with E-state index in [1.807, 2.05) is 13.8 Å². The van der Waals surface area contributed by atoms with Crippen LogP contribution in [0.1, 0.15) is 34.6 Å². The Bertz CT molecular complexity index is 707. The smallest absolute Gasteiger partial charge is 0.230 e. The first-order valence-corrected chi connectivity index (χ1v) is 10.2. The number of thioether (sulfide) groups is 1. The Morgan fingerprint density at radius 3 is 2.35 bits per heavy atom. The maximum absolute atomic E-state index is 11.9. The van der Waals surface area contributed by atoms with Gasteiger partial charge in [-0.2, -0.15) is 0 Å². The summed E-state index contributed by atoms with van der Waals surface area (Å²) in [6, 6.07) is 8.57. The van der Waals surface area contributed by atoms with E-state index in [0.29, 0.717) is 5.75 Å². The van der Waals surface area contributed by atoms with Gasteiger partial charge in [0.05, 0.1) is 5.75 Å². The van der Waals surface area contributed by atoms with Crippen molar-refractivity contribution in [3.05, 3.63) is 24.3 Å². The maximum Gasteiger partial charge on any atom is 0.230 e. The van der Waals surface area contributed by atoms with Gasteiger partial charge in [-0.1, -0.05) is 11.8 Å². The van der Waals surface area contributed by atoms with Crippen LogP contribution in [0.25, 0.3) is 11.4 Å². The minimum atomic E-state index is 0.0146. The van der Waals surface area contributed by atoms with Gasteiger partial charge in [-0.05, 0) is 58.9 Å². The molecule has 0 aliphatic carbocycles. The Hall–Kier alpha value is -2.02. The van der Waals surface area contributed by atoms with Crippen molar-refractivity contribution in [2.45, 2.75) is 52.4 Å². The van der Waals surface area contributed by atoms with Crippen molar-refractivity contribution in [2.75, 3.05) is 23.7 Å². The highest BCUT2D eigenvalue weighted by atomic mass is 32.2. The maximum atomic E-state index is 11.9. The normalized spacial score (nSPS) is 11.0. The standard InChI is InChI=1S/C19H29N5OS/c1-6-23(7-2)16-11-9-15(10-12-16)18-21-22-19(24(18)8-3)26-13-17(25)20-14(4)5/h9-12,14H,6-8,13H2,1-5H3,(H,20,25). The summed E-state index contributed by atoms with van der Waals surface area (Å²) in [6.45, 7) is 13.0. The molecule has 0 saturated heterocycles. The van der Waals surface area contributed by atoms with E-state index in [4.69, 9.17) is 0 Å². The molecule has 6 nitrogen and oxygen atoms in total. The van der Waals surface area contributed by atoms with Crippen LogP contribution < -0.4 is 10.2 Å². The zero-order valence-corrected chi connectivity index (χ0v) is 17.1. The molecule has 1 aromatic heterocycles. The summed E-state index contributed by atoms with van der Waals surface area (Å²) in [5, 5.41) is 12.3. The van der Waals surface area contributed by atoms with Gasteiger partial charge >= 0.3 is 0 Å². The zero-order valence-electron chi connectivity index (χ0n) is 16.3. The van der Waals surface area contributed by atoms with Crippen LogP contribution in [0, 0.1) is 0 Å². The first-order valence-electron chi connectivity index (χ1n) is 9.20. The van der Waals surface area contributed by atoms with E-state index in [9.17, 15) is 4.79 Å². The molecule has 0 unspecified atom stereocenters.